The van der Waals surface area contributed by atoms with E-state index in [2.05, 4.69) is 9.97 Å². The number of carbonyl (C=O) groups excluding carboxylic acids is 1. The fourth-order valence-corrected chi connectivity index (χ4v) is 2.50. The minimum Gasteiger partial charge on any atom is -0.333 e. The standard InChI is InChI=1S/C15H18N2OS/c1-15(2,3)13(18)10-19-14-16-9-12(17-14)11-7-5-4-6-8-11/h4-9H,10H2,1-3H3,(H,16,17). The van der Waals surface area contributed by atoms with Crippen LogP contribution in [0.4, 0.5) is 0 Å². The van der Waals surface area contributed by atoms with E-state index in [0.717, 1.165) is 16.4 Å². The quantitative estimate of drug-likeness (QED) is 0.863. The molecule has 19 heavy (non-hydrogen) atoms. The average molecular weight is 274 g/mol. The first-order chi connectivity index (χ1) is 8.97. The molecular weight excluding hydrogens is 256 g/mol. The van der Waals surface area contributed by atoms with Crippen LogP contribution in [0.5, 0.6) is 0 Å². The highest BCUT2D eigenvalue weighted by Crippen LogP contribution is 2.24. The number of thioether (sulfide) groups is 1. The molecule has 100 valence electrons. The fraction of sp³-hybridized carbons (Fsp3) is 0.333. The van der Waals surface area contributed by atoms with Crippen molar-refractivity contribution in [3.63, 3.8) is 0 Å². The maximum Gasteiger partial charge on any atom is 0.166 e. The van der Waals surface area contributed by atoms with Crippen molar-refractivity contribution in [2.45, 2.75) is 25.9 Å². The number of imidazole rings is 1. The third kappa shape index (κ3) is 3.70. The number of nitrogens with one attached hydrogen (secondary N) is 1. The zero-order valence-electron chi connectivity index (χ0n) is 11.4. The number of hydrogen-bond acceptors (Lipinski definition) is 3. The Balaban J connectivity index is 2.01. The Kier molecular flexibility index (Phi) is 4.10. The van der Waals surface area contributed by atoms with Crippen molar-refractivity contribution in [3.05, 3.63) is 36.5 Å². The number of ketones is 1. The van der Waals surface area contributed by atoms with E-state index < -0.39 is 0 Å². The number of hydrogen-bond donors (Lipinski definition) is 1. The first-order valence-corrected chi connectivity index (χ1v) is 7.22. The predicted octanol–water partition coefficient (Wildman–Crippen LogP) is 3.78. The van der Waals surface area contributed by atoms with Gasteiger partial charge in [0.05, 0.1) is 17.6 Å². The van der Waals surface area contributed by atoms with Crippen LogP contribution in [0.15, 0.2) is 41.7 Å². The maximum atomic E-state index is 11.9. The number of rotatable bonds is 4. The molecule has 1 N–H and O–H groups in total. The number of nitrogens with zero attached hydrogens (tertiary/aromatic N) is 1. The van der Waals surface area contributed by atoms with Crippen LogP contribution in [0, 0.1) is 5.41 Å². The second-order valence-electron chi connectivity index (χ2n) is 5.43. The average Bonchev–Trinajstić information content (AvgIpc) is 2.84. The zero-order valence-corrected chi connectivity index (χ0v) is 12.3. The van der Waals surface area contributed by atoms with E-state index in [4.69, 9.17) is 0 Å². The van der Waals surface area contributed by atoms with Gasteiger partial charge in [0.25, 0.3) is 0 Å². The molecule has 1 aromatic heterocycles. The van der Waals surface area contributed by atoms with Gasteiger partial charge < -0.3 is 4.98 Å². The van der Waals surface area contributed by atoms with Gasteiger partial charge in [0.1, 0.15) is 5.78 Å². The molecule has 0 aliphatic carbocycles. The molecule has 0 aliphatic heterocycles. The minimum absolute atomic E-state index is 0.232. The summed E-state index contributed by atoms with van der Waals surface area (Å²) in [5.74, 6) is 0.681. The Morgan fingerprint density at radius 3 is 2.58 bits per heavy atom. The van der Waals surface area contributed by atoms with Gasteiger partial charge in [-0.2, -0.15) is 0 Å². The molecule has 1 aromatic carbocycles. The van der Waals surface area contributed by atoms with Crippen molar-refractivity contribution in [2.24, 2.45) is 5.41 Å². The summed E-state index contributed by atoms with van der Waals surface area (Å²) in [6.07, 6.45) is 1.80. The van der Waals surface area contributed by atoms with E-state index in [-0.39, 0.29) is 11.2 Å². The number of aromatic nitrogens is 2. The van der Waals surface area contributed by atoms with Gasteiger partial charge in [-0.25, -0.2) is 4.98 Å². The Morgan fingerprint density at radius 1 is 1.26 bits per heavy atom. The summed E-state index contributed by atoms with van der Waals surface area (Å²) in [6, 6.07) is 10.0. The third-order valence-corrected chi connectivity index (χ3v) is 3.70. The second kappa shape index (κ2) is 5.61. The summed E-state index contributed by atoms with van der Waals surface area (Å²) in [7, 11) is 0. The Bertz CT molecular complexity index is 555. The lowest BCUT2D eigenvalue weighted by Gasteiger charge is -2.15. The highest BCUT2D eigenvalue weighted by molar-refractivity contribution is 7.99. The van der Waals surface area contributed by atoms with Gasteiger partial charge in [-0.05, 0) is 5.56 Å². The highest BCUT2D eigenvalue weighted by Gasteiger charge is 2.21. The van der Waals surface area contributed by atoms with Gasteiger partial charge in [0.15, 0.2) is 5.16 Å². The van der Waals surface area contributed by atoms with Gasteiger partial charge in [-0.3, -0.25) is 4.79 Å². The molecule has 0 unspecified atom stereocenters. The molecule has 0 aliphatic rings. The molecule has 0 fully saturated rings. The summed E-state index contributed by atoms with van der Waals surface area (Å²) < 4.78 is 0. The Hall–Kier alpha value is -1.55. The molecule has 0 bridgehead atoms. The minimum atomic E-state index is -0.290. The monoisotopic (exact) mass is 274 g/mol. The molecule has 0 spiro atoms. The normalized spacial score (nSPS) is 11.5. The molecule has 0 atom stereocenters. The highest BCUT2D eigenvalue weighted by atomic mass is 32.2. The summed E-state index contributed by atoms with van der Waals surface area (Å²) in [5, 5.41) is 0.788. The van der Waals surface area contributed by atoms with Crippen molar-refractivity contribution in [1.29, 1.82) is 0 Å². The third-order valence-electron chi connectivity index (χ3n) is 2.81. The first-order valence-electron chi connectivity index (χ1n) is 6.23. The molecule has 0 saturated heterocycles. The van der Waals surface area contributed by atoms with Gasteiger partial charge >= 0.3 is 0 Å². The summed E-state index contributed by atoms with van der Waals surface area (Å²) in [6.45, 7) is 5.81. The molecule has 4 heteroatoms. The Labute approximate surface area is 117 Å². The van der Waals surface area contributed by atoms with Crippen LogP contribution >= 0.6 is 11.8 Å². The predicted molar refractivity (Wildman–Crippen MR) is 79.2 cm³/mol. The number of carbonyl (C=O) groups is 1. The van der Waals surface area contributed by atoms with E-state index in [0.29, 0.717) is 5.75 Å². The van der Waals surface area contributed by atoms with Crippen molar-refractivity contribution in [2.75, 3.05) is 5.75 Å². The largest absolute Gasteiger partial charge is 0.333 e. The Morgan fingerprint density at radius 2 is 1.95 bits per heavy atom. The topological polar surface area (TPSA) is 45.8 Å². The lowest BCUT2D eigenvalue weighted by Crippen LogP contribution is -2.22. The lowest BCUT2D eigenvalue weighted by atomic mass is 9.92. The van der Waals surface area contributed by atoms with Crippen molar-refractivity contribution >= 4 is 17.5 Å². The number of aromatic amines is 1. The molecule has 0 amide bonds. The van der Waals surface area contributed by atoms with Crippen molar-refractivity contribution in [1.82, 2.24) is 9.97 Å². The van der Waals surface area contributed by atoms with Crippen molar-refractivity contribution in [3.8, 4) is 11.3 Å². The first kappa shape index (κ1) is 13.9. The lowest BCUT2D eigenvalue weighted by molar-refractivity contribution is -0.123. The van der Waals surface area contributed by atoms with E-state index in [1.165, 1.54) is 11.8 Å². The zero-order chi connectivity index (χ0) is 13.9. The van der Waals surface area contributed by atoms with Gasteiger partial charge in [-0.15, -0.1) is 0 Å². The SMILES string of the molecule is CC(C)(C)C(=O)CSc1ncc(-c2ccccc2)[nH]1. The van der Waals surface area contributed by atoms with Gasteiger partial charge in [0, 0.05) is 5.41 Å². The van der Waals surface area contributed by atoms with Crippen LogP contribution < -0.4 is 0 Å². The summed E-state index contributed by atoms with van der Waals surface area (Å²) >= 11 is 1.45. The molecule has 0 radical (unpaired) electrons. The summed E-state index contributed by atoms with van der Waals surface area (Å²) in [4.78, 5) is 19.4. The molecule has 3 nitrogen and oxygen atoms in total. The molecular formula is C15H18N2OS. The smallest absolute Gasteiger partial charge is 0.166 e. The molecule has 0 saturated carbocycles. The van der Waals surface area contributed by atoms with Crippen LogP contribution in [-0.2, 0) is 4.79 Å². The van der Waals surface area contributed by atoms with E-state index in [9.17, 15) is 4.79 Å². The van der Waals surface area contributed by atoms with Crippen LogP contribution in [0.3, 0.4) is 0 Å². The van der Waals surface area contributed by atoms with E-state index in [1.807, 2.05) is 51.1 Å². The van der Waals surface area contributed by atoms with Crippen LogP contribution in [0.25, 0.3) is 11.3 Å². The van der Waals surface area contributed by atoms with Crippen LogP contribution in [0.2, 0.25) is 0 Å². The molecule has 2 rings (SSSR count). The van der Waals surface area contributed by atoms with E-state index in [1.54, 1.807) is 6.20 Å². The second-order valence-corrected chi connectivity index (χ2v) is 6.39. The van der Waals surface area contributed by atoms with E-state index >= 15 is 0 Å². The van der Waals surface area contributed by atoms with Gasteiger partial charge in [-0.1, -0.05) is 62.9 Å². The number of H-pyrrole nitrogens is 1. The van der Waals surface area contributed by atoms with Crippen LogP contribution in [0.1, 0.15) is 20.8 Å². The van der Waals surface area contributed by atoms with Crippen LogP contribution in [-0.4, -0.2) is 21.5 Å². The maximum absolute atomic E-state index is 11.9. The number of Topliss-reactive ketones (excluding diaryl/α,β-unsaturated/α-hetero) is 1. The molecule has 2 aromatic rings. The fourth-order valence-electron chi connectivity index (χ4n) is 1.49. The van der Waals surface area contributed by atoms with Gasteiger partial charge in [0.2, 0.25) is 0 Å². The molecule has 1 heterocycles. The number of benzene rings is 1. The summed E-state index contributed by atoms with van der Waals surface area (Å²) in [5.41, 5.74) is 1.79. The van der Waals surface area contributed by atoms with Crippen molar-refractivity contribution < 1.29 is 4.79 Å².